The number of carbonyl (C=O) groups is 1. The third kappa shape index (κ3) is 3.53. The molecule has 0 spiro atoms. The third-order valence-electron chi connectivity index (χ3n) is 6.40. The molecule has 5 nitrogen and oxygen atoms in total. The van der Waals surface area contributed by atoms with Crippen molar-refractivity contribution in [1.82, 2.24) is 15.2 Å². The molecule has 2 aliphatic heterocycles. The highest BCUT2D eigenvalue weighted by Gasteiger charge is 2.38. The van der Waals surface area contributed by atoms with Crippen LogP contribution in [0.1, 0.15) is 47.4 Å². The van der Waals surface area contributed by atoms with Gasteiger partial charge in [0.1, 0.15) is 0 Å². The van der Waals surface area contributed by atoms with E-state index >= 15 is 0 Å². The van der Waals surface area contributed by atoms with Crippen molar-refractivity contribution >= 4 is 16.8 Å². The molecule has 0 saturated carbocycles. The van der Waals surface area contributed by atoms with Gasteiger partial charge in [0, 0.05) is 36.3 Å². The lowest BCUT2D eigenvalue weighted by Crippen LogP contribution is -2.48. The summed E-state index contributed by atoms with van der Waals surface area (Å²) < 4.78 is 6.03. The second-order valence-corrected chi connectivity index (χ2v) is 8.84. The maximum atomic E-state index is 13.2. The number of ether oxygens (including phenoxy) is 1. The van der Waals surface area contributed by atoms with Crippen molar-refractivity contribution in [2.45, 2.75) is 59.2 Å². The smallest absolute Gasteiger partial charge is 0.252 e. The lowest BCUT2D eigenvalue weighted by molar-refractivity contribution is -0.0683. The van der Waals surface area contributed by atoms with Crippen molar-refractivity contribution in [3.05, 3.63) is 40.6 Å². The minimum Gasteiger partial charge on any atom is -0.375 e. The first-order chi connectivity index (χ1) is 13.3. The van der Waals surface area contributed by atoms with Gasteiger partial charge in [-0.3, -0.25) is 14.7 Å². The predicted octanol–water partition coefficient (Wildman–Crippen LogP) is 3.39. The van der Waals surface area contributed by atoms with Crippen LogP contribution < -0.4 is 5.32 Å². The molecule has 3 atom stereocenters. The van der Waals surface area contributed by atoms with Crippen LogP contribution in [0, 0.1) is 26.7 Å². The van der Waals surface area contributed by atoms with Crippen LogP contribution in [-0.4, -0.2) is 53.7 Å². The summed E-state index contributed by atoms with van der Waals surface area (Å²) in [6, 6.07) is 6.60. The van der Waals surface area contributed by atoms with E-state index in [2.05, 4.69) is 49.0 Å². The van der Waals surface area contributed by atoms with E-state index < -0.39 is 0 Å². The number of nitrogens with one attached hydrogen (secondary N) is 1. The number of hydrogen-bond donors (Lipinski definition) is 1. The minimum absolute atomic E-state index is 0.00456. The first-order valence-corrected chi connectivity index (χ1v) is 10.4. The van der Waals surface area contributed by atoms with Crippen molar-refractivity contribution in [1.29, 1.82) is 0 Å². The highest BCUT2D eigenvalue weighted by Crippen LogP contribution is 2.27. The van der Waals surface area contributed by atoms with E-state index in [-0.39, 0.29) is 11.9 Å². The Balaban J connectivity index is 1.53. The number of aryl methyl sites for hydroxylation is 3. The highest BCUT2D eigenvalue weighted by molar-refractivity contribution is 6.07. The second-order valence-electron chi connectivity index (χ2n) is 8.84. The van der Waals surface area contributed by atoms with Gasteiger partial charge in [0.05, 0.1) is 23.8 Å². The summed E-state index contributed by atoms with van der Waals surface area (Å²) in [4.78, 5) is 20.3. The summed E-state index contributed by atoms with van der Waals surface area (Å²) in [6.45, 7) is 13.2. The van der Waals surface area contributed by atoms with Crippen molar-refractivity contribution in [2.75, 3.05) is 19.7 Å². The zero-order chi connectivity index (χ0) is 20.0. The van der Waals surface area contributed by atoms with Gasteiger partial charge in [-0.1, -0.05) is 26.0 Å². The summed E-state index contributed by atoms with van der Waals surface area (Å²) in [5, 5.41) is 4.22. The molecular weight excluding hydrogens is 350 g/mol. The molecule has 3 heterocycles. The maximum Gasteiger partial charge on any atom is 0.252 e. The number of rotatable bonds is 3. The Morgan fingerprint density at radius 1 is 1.25 bits per heavy atom. The Morgan fingerprint density at radius 2 is 2.04 bits per heavy atom. The van der Waals surface area contributed by atoms with Crippen LogP contribution >= 0.6 is 0 Å². The summed E-state index contributed by atoms with van der Waals surface area (Å²) >= 11 is 0. The molecule has 0 bridgehead atoms. The molecule has 28 heavy (non-hydrogen) atoms. The van der Waals surface area contributed by atoms with E-state index in [0.29, 0.717) is 18.1 Å². The third-order valence-corrected chi connectivity index (χ3v) is 6.40. The maximum absolute atomic E-state index is 13.2. The topological polar surface area (TPSA) is 54.5 Å². The zero-order valence-electron chi connectivity index (χ0n) is 17.6. The average molecular weight is 382 g/mol. The number of hydrogen-bond acceptors (Lipinski definition) is 4. The number of aromatic nitrogens is 1. The van der Waals surface area contributed by atoms with Crippen LogP contribution in [0.2, 0.25) is 0 Å². The molecule has 2 fully saturated rings. The van der Waals surface area contributed by atoms with E-state index in [1.54, 1.807) is 0 Å². The molecule has 1 aromatic carbocycles. The van der Waals surface area contributed by atoms with Gasteiger partial charge in [-0.25, -0.2) is 0 Å². The normalized spacial score (nSPS) is 25.3. The average Bonchev–Trinajstić information content (AvgIpc) is 3.05. The van der Waals surface area contributed by atoms with Gasteiger partial charge in [0.2, 0.25) is 0 Å². The summed E-state index contributed by atoms with van der Waals surface area (Å²) in [6.07, 6.45) is 1.25. The van der Waals surface area contributed by atoms with E-state index in [1.165, 1.54) is 5.56 Å². The number of amides is 1. The van der Waals surface area contributed by atoms with E-state index in [0.717, 1.165) is 53.8 Å². The fraction of sp³-hybridized carbons (Fsp3) is 0.565. The van der Waals surface area contributed by atoms with Crippen molar-refractivity contribution in [2.24, 2.45) is 5.92 Å². The van der Waals surface area contributed by atoms with E-state index in [4.69, 9.17) is 4.74 Å². The van der Waals surface area contributed by atoms with Gasteiger partial charge >= 0.3 is 0 Å². The van der Waals surface area contributed by atoms with Crippen LogP contribution in [0.25, 0.3) is 10.9 Å². The molecule has 2 aromatic rings. The Kier molecular flexibility index (Phi) is 5.15. The van der Waals surface area contributed by atoms with Gasteiger partial charge in [-0.15, -0.1) is 0 Å². The monoisotopic (exact) mass is 381 g/mol. The Bertz CT molecular complexity index is 908. The summed E-state index contributed by atoms with van der Waals surface area (Å²) in [5.74, 6) is 0.525. The fourth-order valence-corrected chi connectivity index (χ4v) is 4.52. The number of nitrogens with zero attached hydrogens (tertiary/aromatic N) is 2. The standard InChI is InChI=1S/C23H31N3O2/c1-13(2)21-11-26-10-17(9-18(26)12-28-21)25-23(27)20-8-15(4)24-22-16(5)14(3)6-7-19(20)22/h6-8,13,17-18,21H,9-12H2,1-5H3,(H,25,27)/t17-,18-,21-/m0/s1. The lowest BCUT2D eigenvalue weighted by atomic mass is 10.0. The van der Waals surface area contributed by atoms with Crippen molar-refractivity contribution < 1.29 is 9.53 Å². The molecule has 5 heteroatoms. The quantitative estimate of drug-likeness (QED) is 0.885. The van der Waals surface area contributed by atoms with Gasteiger partial charge in [-0.2, -0.15) is 0 Å². The lowest BCUT2D eigenvalue weighted by Gasteiger charge is -2.36. The molecule has 1 N–H and O–H groups in total. The molecule has 2 aliphatic rings. The molecular formula is C23H31N3O2. The minimum atomic E-state index is 0.00456. The van der Waals surface area contributed by atoms with Gasteiger partial charge in [0.15, 0.2) is 0 Å². The number of pyridine rings is 1. The summed E-state index contributed by atoms with van der Waals surface area (Å²) in [5.41, 5.74) is 4.88. The van der Waals surface area contributed by atoms with Crippen LogP contribution in [0.3, 0.4) is 0 Å². The second kappa shape index (κ2) is 7.45. The number of morpholine rings is 1. The molecule has 150 valence electrons. The Morgan fingerprint density at radius 3 is 2.79 bits per heavy atom. The van der Waals surface area contributed by atoms with E-state index in [1.807, 2.05) is 19.1 Å². The molecule has 0 radical (unpaired) electrons. The van der Waals surface area contributed by atoms with Crippen LogP contribution in [0.4, 0.5) is 0 Å². The number of carbonyl (C=O) groups excluding carboxylic acids is 1. The van der Waals surface area contributed by atoms with Crippen LogP contribution in [0.5, 0.6) is 0 Å². The molecule has 1 amide bonds. The molecule has 0 aliphatic carbocycles. The first-order valence-electron chi connectivity index (χ1n) is 10.4. The Labute approximate surface area is 167 Å². The van der Waals surface area contributed by atoms with Crippen molar-refractivity contribution in [3.8, 4) is 0 Å². The van der Waals surface area contributed by atoms with E-state index in [9.17, 15) is 4.79 Å². The van der Waals surface area contributed by atoms with Crippen LogP contribution in [0.15, 0.2) is 18.2 Å². The molecule has 4 rings (SSSR count). The molecule has 0 unspecified atom stereocenters. The zero-order valence-corrected chi connectivity index (χ0v) is 17.6. The first kappa shape index (κ1) is 19.3. The largest absolute Gasteiger partial charge is 0.375 e. The fourth-order valence-electron chi connectivity index (χ4n) is 4.52. The van der Waals surface area contributed by atoms with Crippen LogP contribution in [-0.2, 0) is 4.74 Å². The molecule has 1 aromatic heterocycles. The number of benzene rings is 1. The highest BCUT2D eigenvalue weighted by atomic mass is 16.5. The van der Waals surface area contributed by atoms with Crippen molar-refractivity contribution in [3.63, 3.8) is 0 Å². The molecule has 2 saturated heterocycles. The van der Waals surface area contributed by atoms with Gasteiger partial charge in [0.25, 0.3) is 5.91 Å². The SMILES string of the molecule is Cc1cc(C(=O)N[C@H]2C[C@H]3CO[C@H](C(C)C)CN3C2)c2ccc(C)c(C)c2n1. The van der Waals surface area contributed by atoms with Gasteiger partial charge in [-0.05, 0) is 50.3 Å². The summed E-state index contributed by atoms with van der Waals surface area (Å²) in [7, 11) is 0. The number of fused-ring (bicyclic) bond motifs is 2. The predicted molar refractivity (Wildman–Crippen MR) is 112 cm³/mol. The van der Waals surface area contributed by atoms with Gasteiger partial charge < -0.3 is 10.1 Å². The Hall–Kier alpha value is -1.98.